The molecular formula is C12H23F3N4O2. The van der Waals surface area contributed by atoms with Crippen LogP contribution in [0.15, 0.2) is 4.99 Å². The first-order valence-corrected chi connectivity index (χ1v) is 6.62. The third-order valence-electron chi connectivity index (χ3n) is 2.38. The molecule has 0 aliphatic heterocycles. The van der Waals surface area contributed by atoms with Crippen molar-refractivity contribution in [2.45, 2.75) is 19.5 Å². The summed E-state index contributed by atoms with van der Waals surface area (Å²) in [5, 5.41) is 5.87. The lowest BCUT2D eigenvalue weighted by atomic mass is 10.4. The van der Waals surface area contributed by atoms with Gasteiger partial charge in [-0.05, 0) is 13.3 Å². The van der Waals surface area contributed by atoms with Crippen LogP contribution in [-0.2, 0) is 9.53 Å². The number of nitrogens with zero attached hydrogens (tertiary/aromatic N) is 2. The van der Waals surface area contributed by atoms with Crippen LogP contribution in [0.5, 0.6) is 0 Å². The van der Waals surface area contributed by atoms with Crippen molar-refractivity contribution in [2.24, 2.45) is 4.99 Å². The van der Waals surface area contributed by atoms with Crippen molar-refractivity contribution in [3.63, 3.8) is 0 Å². The van der Waals surface area contributed by atoms with Gasteiger partial charge >= 0.3 is 6.18 Å². The Kier molecular flexibility index (Phi) is 9.51. The molecule has 1 amide bonds. The van der Waals surface area contributed by atoms with E-state index in [-0.39, 0.29) is 6.54 Å². The van der Waals surface area contributed by atoms with Crippen LogP contribution >= 0.6 is 0 Å². The van der Waals surface area contributed by atoms with Gasteiger partial charge in [0.05, 0.1) is 0 Å². The Morgan fingerprint density at radius 2 is 2.00 bits per heavy atom. The van der Waals surface area contributed by atoms with Gasteiger partial charge in [0.25, 0.3) is 0 Å². The summed E-state index contributed by atoms with van der Waals surface area (Å²) in [4.78, 5) is 16.1. The number of hydrogen-bond acceptors (Lipinski definition) is 3. The molecule has 0 radical (unpaired) electrons. The number of ether oxygens (including phenoxy) is 1. The largest absolute Gasteiger partial charge is 0.406 e. The van der Waals surface area contributed by atoms with Gasteiger partial charge in [-0.3, -0.25) is 4.79 Å². The van der Waals surface area contributed by atoms with Crippen molar-refractivity contribution in [3.8, 4) is 0 Å². The van der Waals surface area contributed by atoms with Gasteiger partial charge in [-0.1, -0.05) is 0 Å². The van der Waals surface area contributed by atoms with E-state index in [2.05, 4.69) is 15.6 Å². The maximum absolute atomic E-state index is 12.2. The minimum atomic E-state index is -4.41. The normalized spacial score (nSPS) is 12.2. The monoisotopic (exact) mass is 312 g/mol. The summed E-state index contributed by atoms with van der Waals surface area (Å²) in [5.74, 6) is -0.302. The summed E-state index contributed by atoms with van der Waals surface area (Å²) in [6.07, 6.45) is -3.65. The van der Waals surface area contributed by atoms with E-state index in [1.165, 1.54) is 0 Å². The average molecular weight is 312 g/mol. The fraction of sp³-hybridized carbons (Fsp3) is 0.833. The molecule has 0 aliphatic carbocycles. The molecule has 0 fully saturated rings. The second-order valence-electron chi connectivity index (χ2n) is 4.33. The number of aliphatic imine (C=N–C) groups is 1. The lowest BCUT2D eigenvalue weighted by molar-refractivity contribution is -0.157. The van der Waals surface area contributed by atoms with Crippen LogP contribution in [-0.4, -0.2) is 69.9 Å². The molecule has 124 valence electrons. The van der Waals surface area contributed by atoms with Crippen molar-refractivity contribution in [1.82, 2.24) is 15.5 Å². The van der Waals surface area contributed by atoms with Crippen molar-refractivity contribution in [2.75, 3.05) is 46.9 Å². The Labute approximate surface area is 122 Å². The fourth-order valence-electron chi connectivity index (χ4n) is 1.39. The molecule has 0 aliphatic rings. The lowest BCUT2D eigenvalue weighted by Crippen LogP contribution is -2.40. The zero-order valence-corrected chi connectivity index (χ0v) is 12.6. The maximum atomic E-state index is 12.2. The molecular weight excluding hydrogens is 289 g/mol. The molecule has 0 unspecified atom stereocenters. The molecule has 0 aromatic heterocycles. The van der Waals surface area contributed by atoms with E-state index in [1.54, 1.807) is 7.11 Å². The van der Waals surface area contributed by atoms with Crippen molar-refractivity contribution >= 4 is 11.9 Å². The summed E-state index contributed by atoms with van der Waals surface area (Å²) >= 11 is 0. The van der Waals surface area contributed by atoms with Crippen LogP contribution in [0.2, 0.25) is 0 Å². The molecule has 2 N–H and O–H groups in total. The number of carbonyl (C=O) groups is 1. The Bertz CT molecular complexity index is 335. The van der Waals surface area contributed by atoms with Crippen LogP contribution in [0.25, 0.3) is 0 Å². The van der Waals surface area contributed by atoms with Crippen LogP contribution in [0.3, 0.4) is 0 Å². The van der Waals surface area contributed by atoms with Gasteiger partial charge < -0.3 is 20.3 Å². The topological polar surface area (TPSA) is 66.0 Å². The highest BCUT2D eigenvalue weighted by atomic mass is 19.4. The molecule has 21 heavy (non-hydrogen) atoms. The van der Waals surface area contributed by atoms with Crippen LogP contribution < -0.4 is 10.6 Å². The first-order chi connectivity index (χ1) is 9.80. The van der Waals surface area contributed by atoms with Crippen LogP contribution in [0.1, 0.15) is 13.3 Å². The highest BCUT2D eigenvalue weighted by Crippen LogP contribution is 2.15. The summed E-state index contributed by atoms with van der Waals surface area (Å²) < 4.78 is 41.4. The predicted molar refractivity (Wildman–Crippen MR) is 74.2 cm³/mol. The minimum Gasteiger partial charge on any atom is -0.385 e. The molecule has 0 aromatic rings. The van der Waals surface area contributed by atoms with Gasteiger partial charge in [0.1, 0.15) is 13.1 Å². The Balaban J connectivity index is 4.30. The van der Waals surface area contributed by atoms with Crippen molar-refractivity contribution < 1.29 is 22.7 Å². The van der Waals surface area contributed by atoms with Gasteiger partial charge in [0, 0.05) is 33.9 Å². The molecule has 0 saturated carbocycles. The van der Waals surface area contributed by atoms with E-state index in [0.29, 0.717) is 30.6 Å². The number of carbonyl (C=O) groups excluding carboxylic acids is 1. The number of halogens is 3. The fourth-order valence-corrected chi connectivity index (χ4v) is 1.39. The highest BCUT2D eigenvalue weighted by molar-refractivity contribution is 5.84. The van der Waals surface area contributed by atoms with E-state index in [0.717, 1.165) is 13.5 Å². The van der Waals surface area contributed by atoms with E-state index in [9.17, 15) is 18.0 Å². The summed E-state index contributed by atoms with van der Waals surface area (Å²) in [5.41, 5.74) is 0. The number of hydrogen-bond donors (Lipinski definition) is 2. The molecule has 9 heteroatoms. The SMILES string of the molecule is CCNC(=NCC(=O)N(C)CC(F)(F)F)NCCCOC. The van der Waals surface area contributed by atoms with Gasteiger partial charge in [0.2, 0.25) is 5.91 Å². The number of alkyl halides is 3. The van der Waals surface area contributed by atoms with E-state index >= 15 is 0 Å². The number of nitrogens with one attached hydrogen (secondary N) is 2. The predicted octanol–water partition coefficient (Wildman–Crippen LogP) is 0.599. The van der Waals surface area contributed by atoms with E-state index in [1.807, 2.05) is 6.92 Å². The zero-order valence-electron chi connectivity index (χ0n) is 12.6. The van der Waals surface area contributed by atoms with Crippen molar-refractivity contribution in [1.29, 1.82) is 0 Å². The van der Waals surface area contributed by atoms with Gasteiger partial charge in [-0.15, -0.1) is 0 Å². The third kappa shape index (κ3) is 10.9. The Hall–Kier alpha value is -1.51. The molecule has 0 heterocycles. The van der Waals surface area contributed by atoms with E-state index < -0.39 is 18.6 Å². The number of guanidine groups is 1. The van der Waals surface area contributed by atoms with E-state index in [4.69, 9.17) is 4.74 Å². The number of methoxy groups -OCH3 is 1. The molecule has 0 saturated heterocycles. The van der Waals surface area contributed by atoms with Gasteiger partial charge in [-0.25, -0.2) is 4.99 Å². The molecule has 0 rings (SSSR count). The Morgan fingerprint density at radius 3 is 2.52 bits per heavy atom. The smallest absolute Gasteiger partial charge is 0.385 e. The standard InChI is InChI=1S/C12H23F3N4O2/c1-4-16-11(17-6-5-7-21-3)18-8-10(20)19(2)9-12(13,14)15/h4-9H2,1-3H3,(H2,16,17,18). The summed E-state index contributed by atoms with van der Waals surface area (Å²) in [7, 11) is 2.69. The Morgan fingerprint density at radius 1 is 1.33 bits per heavy atom. The second-order valence-corrected chi connectivity index (χ2v) is 4.33. The number of rotatable bonds is 8. The summed E-state index contributed by atoms with van der Waals surface area (Å²) in [6.45, 7) is 1.99. The zero-order chi connectivity index (χ0) is 16.3. The third-order valence-corrected chi connectivity index (χ3v) is 2.38. The molecule has 0 spiro atoms. The highest BCUT2D eigenvalue weighted by Gasteiger charge is 2.30. The van der Waals surface area contributed by atoms with Crippen LogP contribution in [0, 0.1) is 0 Å². The van der Waals surface area contributed by atoms with Gasteiger partial charge in [0.15, 0.2) is 5.96 Å². The van der Waals surface area contributed by atoms with Gasteiger partial charge in [-0.2, -0.15) is 13.2 Å². The molecule has 6 nitrogen and oxygen atoms in total. The number of amides is 1. The molecule has 0 bridgehead atoms. The quantitative estimate of drug-likeness (QED) is 0.391. The first-order valence-electron chi connectivity index (χ1n) is 6.62. The number of likely N-dealkylation sites (N-methyl/N-ethyl adjacent to an activating group) is 1. The van der Waals surface area contributed by atoms with Crippen molar-refractivity contribution in [3.05, 3.63) is 0 Å². The summed E-state index contributed by atoms with van der Waals surface area (Å²) in [6, 6.07) is 0. The van der Waals surface area contributed by atoms with Crippen LogP contribution in [0.4, 0.5) is 13.2 Å². The molecule has 0 atom stereocenters. The lowest BCUT2D eigenvalue weighted by Gasteiger charge is -2.18. The first kappa shape index (κ1) is 19.5. The molecule has 0 aromatic carbocycles. The maximum Gasteiger partial charge on any atom is 0.406 e. The average Bonchev–Trinajstić information content (AvgIpc) is 2.38. The second kappa shape index (κ2) is 10.3. The minimum absolute atomic E-state index is 0.341.